The van der Waals surface area contributed by atoms with Gasteiger partial charge in [-0.1, -0.05) is 0 Å². The monoisotopic (exact) mass is 509 g/mol. The van der Waals surface area contributed by atoms with Crippen LogP contribution in [0.4, 0.5) is 5.13 Å². The fraction of sp³-hybridized carbons (Fsp3) is 0.778. The van der Waals surface area contributed by atoms with Gasteiger partial charge in [-0.3, -0.25) is 4.99 Å². The highest BCUT2D eigenvalue weighted by Crippen LogP contribution is 2.31. The van der Waals surface area contributed by atoms with Crippen LogP contribution < -0.4 is 15.5 Å². The van der Waals surface area contributed by atoms with Crippen molar-refractivity contribution in [2.45, 2.75) is 32.1 Å². The SMILES string of the molecule is CN=C(NCCc1csc(N2CCCC2)n1)NCC1(CCO)CCOC1.I. The Bertz CT molecular complexity index is 586. The first-order valence-corrected chi connectivity index (χ1v) is 10.5. The van der Waals surface area contributed by atoms with E-state index in [2.05, 4.69) is 25.9 Å². The lowest BCUT2D eigenvalue weighted by Crippen LogP contribution is -2.45. The van der Waals surface area contributed by atoms with E-state index in [0.29, 0.717) is 6.61 Å². The minimum Gasteiger partial charge on any atom is -0.396 e. The summed E-state index contributed by atoms with van der Waals surface area (Å²) in [4.78, 5) is 11.4. The first-order valence-electron chi connectivity index (χ1n) is 9.57. The smallest absolute Gasteiger partial charge is 0.191 e. The van der Waals surface area contributed by atoms with Crippen LogP contribution in [-0.4, -0.2) is 69.1 Å². The van der Waals surface area contributed by atoms with E-state index in [9.17, 15) is 5.11 Å². The largest absolute Gasteiger partial charge is 0.396 e. The van der Waals surface area contributed by atoms with E-state index in [1.807, 2.05) is 0 Å². The van der Waals surface area contributed by atoms with Crippen molar-refractivity contribution in [3.63, 3.8) is 0 Å². The van der Waals surface area contributed by atoms with E-state index in [1.54, 1.807) is 18.4 Å². The molecule has 0 saturated carbocycles. The van der Waals surface area contributed by atoms with Crippen molar-refractivity contribution in [3.8, 4) is 0 Å². The Hall–Kier alpha value is -0.650. The van der Waals surface area contributed by atoms with Gasteiger partial charge < -0.3 is 25.4 Å². The van der Waals surface area contributed by atoms with Crippen molar-refractivity contribution in [3.05, 3.63) is 11.1 Å². The average molecular weight is 509 g/mol. The summed E-state index contributed by atoms with van der Waals surface area (Å²) >= 11 is 1.75. The van der Waals surface area contributed by atoms with E-state index in [0.717, 1.165) is 68.8 Å². The third kappa shape index (κ3) is 6.43. The number of guanidine groups is 1. The zero-order chi connectivity index (χ0) is 18.2. The highest BCUT2D eigenvalue weighted by atomic mass is 127. The molecule has 7 nitrogen and oxygen atoms in total. The van der Waals surface area contributed by atoms with Gasteiger partial charge >= 0.3 is 0 Å². The zero-order valence-electron chi connectivity index (χ0n) is 16.1. The minimum atomic E-state index is 0. The third-order valence-electron chi connectivity index (χ3n) is 5.27. The number of nitrogens with zero attached hydrogens (tertiary/aromatic N) is 3. The van der Waals surface area contributed by atoms with E-state index < -0.39 is 0 Å². The molecule has 27 heavy (non-hydrogen) atoms. The number of aliphatic hydroxyl groups is 1. The lowest BCUT2D eigenvalue weighted by Gasteiger charge is -2.27. The summed E-state index contributed by atoms with van der Waals surface area (Å²) in [7, 11) is 1.79. The first-order chi connectivity index (χ1) is 12.7. The van der Waals surface area contributed by atoms with Crippen LogP contribution in [0.15, 0.2) is 10.4 Å². The Kier molecular flexibility index (Phi) is 9.54. The number of hydrogen-bond donors (Lipinski definition) is 3. The second-order valence-corrected chi connectivity index (χ2v) is 8.03. The van der Waals surface area contributed by atoms with Gasteiger partial charge in [-0.05, 0) is 25.7 Å². The molecule has 9 heteroatoms. The van der Waals surface area contributed by atoms with Crippen LogP contribution in [0.5, 0.6) is 0 Å². The van der Waals surface area contributed by atoms with Crippen LogP contribution in [0.2, 0.25) is 0 Å². The Balaban J connectivity index is 0.00000261. The standard InChI is InChI=1S/C18H31N5O2S.HI/c1-19-16(21-13-18(5-10-24)6-11-25-14-18)20-7-4-15-12-26-17(22-15)23-8-2-3-9-23;/h12,24H,2-11,13-14H2,1H3,(H2,19,20,21);1H. The highest BCUT2D eigenvalue weighted by molar-refractivity contribution is 14.0. The van der Waals surface area contributed by atoms with Crippen molar-refractivity contribution in [1.82, 2.24) is 15.6 Å². The zero-order valence-corrected chi connectivity index (χ0v) is 19.2. The molecule has 3 rings (SSSR count). The van der Waals surface area contributed by atoms with Gasteiger partial charge in [0.1, 0.15) is 0 Å². The Morgan fingerprint density at radius 1 is 1.41 bits per heavy atom. The number of aliphatic hydroxyl groups excluding tert-OH is 1. The molecule has 2 aliphatic rings. The van der Waals surface area contributed by atoms with Crippen LogP contribution >= 0.6 is 35.3 Å². The molecular formula is C18H32IN5O2S. The van der Waals surface area contributed by atoms with E-state index in [4.69, 9.17) is 9.72 Å². The van der Waals surface area contributed by atoms with Crippen molar-refractivity contribution < 1.29 is 9.84 Å². The molecule has 0 spiro atoms. The molecule has 2 saturated heterocycles. The molecule has 3 N–H and O–H groups in total. The molecule has 0 radical (unpaired) electrons. The molecule has 0 aliphatic carbocycles. The molecule has 2 aliphatic heterocycles. The van der Waals surface area contributed by atoms with Crippen LogP contribution in [0.1, 0.15) is 31.4 Å². The Morgan fingerprint density at radius 3 is 2.89 bits per heavy atom. The van der Waals surface area contributed by atoms with Gasteiger partial charge in [0.15, 0.2) is 11.1 Å². The molecule has 0 aromatic carbocycles. The number of hydrogen-bond acceptors (Lipinski definition) is 6. The van der Waals surface area contributed by atoms with Crippen LogP contribution in [-0.2, 0) is 11.2 Å². The molecule has 154 valence electrons. The summed E-state index contributed by atoms with van der Waals surface area (Å²) in [6.45, 7) is 5.52. The topological polar surface area (TPSA) is 82.0 Å². The summed E-state index contributed by atoms with van der Waals surface area (Å²) in [6.07, 6.45) is 5.18. The molecule has 1 aromatic rings. The van der Waals surface area contributed by atoms with Gasteiger partial charge in [0.25, 0.3) is 0 Å². The lowest BCUT2D eigenvalue weighted by atomic mass is 9.84. The maximum atomic E-state index is 9.32. The van der Waals surface area contributed by atoms with Crippen molar-refractivity contribution in [2.75, 3.05) is 57.9 Å². The maximum Gasteiger partial charge on any atom is 0.191 e. The summed E-state index contributed by atoms with van der Waals surface area (Å²) in [6, 6.07) is 0. The molecule has 1 aromatic heterocycles. The molecule has 1 atom stereocenters. The summed E-state index contributed by atoms with van der Waals surface area (Å²) in [5.74, 6) is 0.796. The summed E-state index contributed by atoms with van der Waals surface area (Å²) < 4.78 is 5.54. The number of aromatic nitrogens is 1. The minimum absolute atomic E-state index is 0. The second kappa shape index (κ2) is 11.4. The fourth-order valence-electron chi connectivity index (χ4n) is 3.58. The molecule has 3 heterocycles. The van der Waals surface area contributed by atoms with Gasteiger partial charge in [-0.15, -0.1) is 35.3 Å². The number of nitrogens with one attached hydrogen (secondary N) is 2. The van der Waals surface area contributed by atoms with E-state index in [-0.39, 0.29) is 36.0 Å². The van der Waals surface area contributed by atoms with E-state index in [1.165, 1.54) is 12.8 Å². The van der Waals surface area contributed by atoms with Crippen LogP contribution in [0.3, 0.4) is 0 Å². The van der Waals surface area contributed by atoms with Crippen molar-refractivity contribution >= 4 is 46.4 Å². The number of aliphatic imine (C=N–C) groups is 1. The third-order valence-corrected chi connectivity index (χ3v) is 6.22. The van der Waals surface area contributed by atoms with Gasteiger partial charge in [-0.25, -0.2) is 4.98 Å². The number of anilines is 1. The number of ether oxygens (including phenoxy) is 1. The number of rotatable bonds is 8. The molecule has 0 amide bonds. The molecule has 0 bridgehead atoms. The predicted octanol–water partition coefficient (Wildman–Crippen LogP) is 1.86. The Labute approximate surface area is 183 Å². The first kappa shape index (κ1) is 22.6. The van der Waals surface area contributed by atoms with Crippen molar-refractivity contribution in [2.24, 2.45) is 10.4 Å². The Morgan fingerprint density at radius 2 is 2.22 bits per heavy atom. The number of thiazole rings is 1. The maximum absolute atomic E-state index is 9.32. The van der Waals surface area contributed by atoms with Crippen LogP contribution in [0.25, 0.3) is 0 Å². The highest BCUT2D eigenvalue weighted by Gasteiger charge is 2.34. The normalized spacial score (nSPS) is 22.7. The van der Waals surface area contributed by atoms with Crippen LogP contribution in [0, 0.1) is 5.41 Å². The van der Waals surface area contributed by atoms with Gasteiger partial charge in [0, 0.05) is 63.7 Å². The van der Waals surface area contributed by atoms with Gasteiger partial charge in [0.2, 0.25) is 0 Å². The summed E-state index contributed by atoms with van der Waals surface area (Å²) in [5.41, 5.74) is 1.16. The lowest BCUT2D eigenvalue weighted by molar-refractivity contribution is 0.127. The fourth-order valence-corrected chi connectivity index (χ4v) is 4.49. The quantitative estimate of drug-likeness (QED) is 0.282. The predicted molar refractivity (Wildman–Crippen MR) is 122 cm³/mol. The molecule has 1 unspecified atom stereocenters. The van der Waals surface area contributed by atoms with Gasteiger partial charge in [-0.2, -0.15) is 0 Å². The second-order valence-electron chi connectivity index (χ2n) is 7.19. The number of halogens is 1. The van der Waals surface area contributed by atoms with Gasteiger partial charge in [0.05, 0.1) is 12.3 Å². The molecule has 2 fully saturated rings. The summed E-state index contributed by atoms with van der Waals surface area (Å²) in [5, 5.41) is 19.4. The molecular weight excluding hydrogens is 477 g/mol. The van der Waals surface area contributed by atoms with E-state index >= 15 is 0 Å². The van der Waals surface area contributed by atoms with Crippen molar-refractivity contribution in [1.29, 1.82) is 0 Å². The average Bonchev–Trinajstić information content (AvgIpc) is 3.39.